The molecule has 0 bridgehead atoms. The summed E-state index contributed by atoms with van der Waals surface area (Å²) in [5, 5.41) is 10.5. The predicted molar refractivity (Wildman–Crippen MR) is 55.2 cm³/mol. The highest BCUT2D eigenvalue weighted by molar-refractivity contribution is 5.00. The molecule has 14 heavy (non-hydrogen) atoms. The normalized spacial score (nSPS) is 8.21. The van der Waals surface area contributed by atoms with Gasteiger partial charge in [0.25, 0.3) is 0 Å². The quantitative estimate of drug-likeness (QED) is 0.316. The third kappa shape index (κ3) is 9.79. The second-order valence-corrected chi connectivity index (χ2v) is 2.81. The molecule has 0 aromatic rings. The van der Waals surface area contributed by atoms with Gasteiger partial charge < -0.3 is 27.4 Å². The predicted octanol–water partition coefficient (Wildman–Crippen LogP) is -2.70. The number of nitrogens with two attached hydrogens (primary N) is 1. The molecule has 0 rings (SSSR count). The molecule has 3 N–H and O–H groups in total. The maximum Gasteiger partial charge on any atom is 0.138 e. The smallest absolute Gasteiger partial charge is 0.138 e. The Hall–Kier alpha value is -0.300. The lowest BCUT2D eigenvalue weighted by Crippen LogP contribution is -3.00. The zero-order chi connectivity index (χ0) is 9.94. The van der Waals surface area contributed by atoms with Gasteiger partial charge in [-0.2, -0.15) is 0 Å². The first-order valence-corrected chi connectivity index (χ1v) is 4.91. The summed E-state index contributed by atoms with van der Waals surface area (Å²) in [4.78, 5) is 0. The van der Waals surface area contributed by atoms with Gasteiger partial charge in [0.15, 0.2) is 0 Å². The van der Waals surface area contributed by atoms with Gasteiger partial charge in [-0.15, -0.1) is 0 Å². The fraction of sp³-hybridized carbons (Fsp3) is 0.636. The van der Waals surface area contributed by atoms with Crippen molar-refractivity contribution in [2.75, 3.05) is 19.7 Å². The van der Waals surface area contributed by atoms with Gasteiger partial charge in [0.05, 0.1) is 6.54 Å². The molecule has 0 aromatic carbocycles. The van der Waals surface area contributed by atoms with Crippen LogP contribution in [0.1, 0.15) is 26.7 Å². The lowest BCUT2D eigenvalue weighted by Gasteiger charge is -1.98. The van der Waals surface area contributed by atoms with Crippen molar-refractivity contribution in [1.82, 2.24) is 0 Å². The number of hydrogen-bond acceptors (Lipinski definition) is 1. The van der Waals surface area contributed by atoms with Crippen LogP contribution >= 0.6 is 0 Å². The first-order valence-electron chi connectivity index (χ1n) is 4.91. The second-order valence-electron chi connectivity index (χ2n) is 2.81. The Morgan fingerprint density at radius 3 is 2.43 bits per heavy atom. The maximum atomic E-state index is 8.39. The van der Waals surface area contributed by atoms with E-state index >= 15 is 0 Å². The Labute approximate surface area is 97.6 Å². The Morgan fingerprint density at radius 2 is 1.93 bits per heavy atom. The summed E-state index contributed by atoms with van der Waals surface area (Å²) >= 11 is 0. The van der Waals surface area contributed by atoms with Crippen LogP contribution in [0, 0.1) is 11.8 Å². The van der Waals surface area contributed by atoms with Crippen LogP contribution in [-0.4, -0.2) is 24.8 Å². The van der Waals surface area contributed by atoms with Gasteiger partial charge in [-0.25, -0.2) is 0 Å². The molecule has 0 aliphatic heterocycles. The summed E-state index contributed by atoms with van der Waals surface area (Å²) < 4.78 is 0. The van der Waals surface area contributed by atoms with Crippen molar-refractivity contribution in [2.24, 2.45) is 0 Å². The Kier molecular flexibility index (Phi) is 14.6. The van der Waals surface area contributed by atoms with Gasteiger partial charge >= 0.3 is 0 Å². The van der Waals surface area contributed by atoms with Gasteiger partial charge in [0, 0.05) is 0 Å². The molecule has 3 heteroatoms. The first-order chi connectivity index (χ1) is 6.35. The Morgan fingerprint density at radius 1 is 1.29 bits per heavy atom. The topological polar surface area (TPSA) is 36.8 Å². The average molecular weight is 262 g/mol. The Bertz CT molecular complexity index is 197. The highest BCUT2D eigenvalue weighted by Crippen LogP contribution is 2.02. The number of hydrogen-bond donors (Lipinski definition) is 2. The SMILES string of the molecule is CCC(=CC[NH2+]CC#CCO)CC.[Br-]. The number of allylic oxidation sites excluding steroid dienone is 1. The summed E-state index contributed by atoms with van der Waals surface area (Å²) in [7, 11) is 0. The molecule has 0 saturated heterocycles. The second kappa shape index (κ2) is 12.7. The van der Waals surface area contributed by atoms with E-state index in [2.05, 4.69) is 37.1 Å². The molecule has 0 saturated carbocycles. The minimum absolute atomic E-state index is 0. The maximum absolute atomic E-state index is 8.39. The van der Waals surface area contributed by atoms with E-state index in [-0.39, 0.29) is 23.6 Å². The fourth-order valence-electron chi connectivity index (χ4n) is 1.07. The van der Waals surface area contributed by atoms with E-state index < -0.39 is 0 Å². The summed E-state index contributed by atoms with van der Waals surface area (Å²) in [6, 6.07) is 0. The average Bonchev–Trinajstić information content (AvgIpc) is 2.17. The van der Waals surface area contributed by atoms with Crippen molar-refractivity contribution in [3.05, 3.63) is 11.6 Å². The van der Waals surface area contributed by atoms with E-state index in [9.17, 15) is 0 Å². The lowest BCUT2D eigenvalue weighted by atomic mass is 10.1. The number of aliphatic hydroxyl groups excluding tert-OH is 1. The molecule has 0 unspecified atom stereocenters. The van der Waals surface area contributed by atoms with E-state index in [1.807, 2.05) is 0 Å². The molecule has 82 valence electrons. The molecule has 0 aromatic heterocycles. The molecular formula is C11H20BrNO. The monoisotopic (exact) mass is 261 g/mol. The van der Waals surface area contributed by atoms with Crippen LogP contribution in [0.3, 0.4) is 0 Å². The molecule has 0 radical (unpaired) electrons. The van der Waals surface area contributed by atoms with Gasteiger partial charge in [0.2, 0.25) is 0 Å². The van der Waals surface area contributed by atoms with E-state index in [1.165, 1.54) is 5.57 Å². The molecule has 0 heterocycles. The number of aliphatic hydroxyl groups is 1. The Balaban J connectivity index is 0. The molecule has 2 nitrogen and oxygen atoms in total. The highest BCUT2D eigenvalue weighted by atomic mass is 79.9. The number of halogens is 1. The third-order valence-corrected chi connectivity index (χ3v) is 1.93. The van der Waals surface area contributed by atoms with E-state index in [4.69, 9.17) is 5.11 Å². The van der Waals surface area contributed by atoms with Crippen molar-refractivity contribution in [1.29, 1.82) is 0 Å². The summed E-state index contributed by atoms with van der Waals surface area (Å²) in [5.74, 6) is 5.48. The molecule has 0 aliphatic rings. The van der Waals surface area contributed by atoms with Gasteiger partial charge in [-0.3, -0.25) is 0 Å². The van der Waals surface area contributed by atoms with Crippen molar-refractivity contribution < 1.29 is 27.4 Å². The van der Waals surface area contributed by atoms with Crippen molar-refractivity contribution in [3.63, 3.8) is 0 Å². The van der Waals surface area contributed by atoms with Crippen LogP contribution in [0.25, 0.3) is 0 Å². The third-order valence-electron chi connectivity index (χ3n) is 1.93. The molecule has 0 atom stereocenters. The zero-order valence-electron chi connectivity index (χ0n) is 9.02. The van der Waals surface area contributed by atoms with Crippen molar-refractivity contribution in [2.45, 2.75) is 26.7 Å². The summed E-state index contributed by atoms with van der Waals surface area (Å²) in [6.45, 7) is 6.11. The number of rotatable bonds is 5. The standard InChI is InChI=1S/C11H19NO.BrH/c1-3-11(4-2)7-9-12-8-5-6-10-13;/h7,12-13H,3-4,8-10H2,1-2H3;1H. The molecule has 0 spiro atoms. The molecular weight excluding hydrogens is 242 g/mol. The van der Waals surface area contributed by atoms with E-state index in [1.54, 1.807) is 0 Å². The van der Waals surface area contributed by atoms with Crippen molar-refractivity contribution in [3.8, 4) is 11.8 Å². The van der Waals surface area contributed by atoms with Crippen LogP contribution in [0.15, 0.2) is 11.6 Å². The summed E-state index contributed by atoms with van der Waals surface area (Å²) in [5.41, 5.74) is 1.51. The van der Waals surface area contributed by atoms with E-state index in [0.29, 0.717) is 0 Å². The van der Waals surface area contributed by atoms with Gasteiger partial charge in [-0.05, 0) is 24.8 Å². The van der Waals surface area contributed by atoms with Crippen LogP contribution in [0.4, 0.5) is 0 Å². The van der Waals surface area contributed by atoms with Crippen molar-refractivity contribution >= 4 is 0 Å². The molecule has 0 aliphatic carbocycles. The highest BCUT2D eigenvalue weighted by Gasteiger charge is 1.89. The first kappa shape index (κ1) is 16.1. The molecule has 0 amide bonds. The van der Waals surface area contributed by atoms with Crippen LogP contribution in [0.2, 0.25) is 0 Å². The fourth-order valence-corrected chi connectivity index (χ4v) is 1.07. The van der Waals surface area contributed by atoms with Crippen LogP contribution < -0.4 is 22.3 Å². The minimum Gasteiger partial charge on any atom is -1.00 e. The van der Waals surface area contributed by atoms with E-state index in [0.717, 1.165) is 25.9 Å². The largest absolute Gasteiger partial charge is 1.00 e. The minimum atomic E-state index is -0.0289. The van der Waals surface area contributed by atoms with Gasteiger partial charge in [0.1, 0.15) is 13.2 Å². The zero-order valence-corrected chi connectivity index (χ0v) is 10.6. The van der Waals surface area contributed by atoms with Crippen LogP contribution in [0.5, 0.6) is 0 Å². The van der Waals surface area contributed by atoms with Crippen LogP contribution in [-0.2, 0) is 0 Å². The number of quaternary nitrogens is 1. The summed E-state index contributed by atoms with van der Waals surface area (Å²) in [6.07, 6.45) is 4.56. The van der Waals surface area contributed by atoms with Gasteiger partial charge in [-0.1, -0.05) is 25.3 Å². The lowest BCUT2D eigenvalue weighted by molar-refractivity contribution is -0.635. The molecule has 0 fully saturated rings.